The van der Waals surface area contributed by atoms with Gasteiger partial charge in [0.05, 0.1) is 5.02 Å². The summed E-state index contributed by atoms with van der Waals surface area (Å²) in [6, 6.07) is 3.25. The van der Waals surface area contributed by atoms with Gasteiger partial charge in [-0.1, -0.05) is 29.3 Å². The molecule has 1 amide bonds. The predicted molar refractivity (Wildman–Crippen MR) is 82.5 cm³/mol. The average Bonchev–Trinajstić information content (AvgIpc) is 2.34. The Hall–Kier alpha value is -1.23. The van der Waals surface area contributed by atoms with E-state index >= 15 is 0 Å². The van der Waals surface area contributed by atoms with Crippen molar-refractivity contribution in [1.29, 1.82) is 0 Å². The molecule has 0 aromatic heterocycles. The highest BCUT2D eigenvalue weighted by Crippen LogP contribution is 2.33. The minimum absolute atomic E-state index is 0.0681. The van der Waals surface area contributed by atoms with E-state index in [1.54, 1.807) is 18.2 Å². The third kappa shape index (κ3) is 5.41. The molecule has 1 atom stereocenters. The summed E-state index contributed by atoms with van der Waals surface area (Å²) in [6.07, 6.45) is 2.15. The molecule has 0 bridgehead atoms. The minimum atomic E-state index is -0.248. The zero-order chi connectivity index (χ0) is 15.1. The van der Waals surface area contributed by atoms with Gasteiger partial charge in [0.2, 0.25) is 0 Å². The Balaban J connectivity index is 2.81. The van der Waals surface area contributed by atoms with Crippen molar-refractivity contribution in [3.8, 4) is 5.75 Å². The SMILES string of the molecule is C=CCNC(=O)COc1c(Cl)cc(Cl)cc1CC(C)N. The quantitative estimate of drug-likeness (QED) is 0.760. The maximum Gasteiger partial charge on any atom is 0.258 e. The summed E-state index contributed by atoms with van der Waals surface area (Å²) < 4.78 is 5.49. The molecular formula is C14H18Cl2N2O2. The second-order valence-electron chi connectivity index (χ2n) is 4.44. The molecule has 0 radical (unpaired) electrons. The molecular weight excluding hydrogens is 299 g/mol. The third-order valence-corrected chi connectivity index (χ3v) is 2.92. The molecule has 0 aliphatic heterocycles. The maximum absolute atomic E-state index is 11.5. The van der Waals surface area contributed by atoms with Crippen LogP contribution in [0.1, 0.15) is 12.5 Å². The predicted octanol–water partition coefficient (Wildman–Crippen LogP) is 2.56. The standard InChI is InChI=1S/C14H18Cl2N2O2/c1-3-4-18-13(19)8-20-14-10(5-9(2)17)6-11(15)7-12(14)16/h3,6-7,9H,1,4-5,8,17H2,2H3,(H,18,19). The Morgan fingerprint density at radius 2 is 2.25 bits per heavy atom. The van der Waals surface area contributed by atoms with Gasteiger partial charge in [-0.15, -0.1) is 6.58 Å². The van der Waals surface area contributed by atoms with E-state index in [1.807, 2.05) is 6.92 Å². The van der Waals surface area contributed by atoms with Gasteiger partial charge >= 0.3 is 0 Å². The number of carbonyl (C=O) groups excluding carboxylic acids is 1. The van der Waals surface area contributed by atoms with Crippen LogP contribution in [0.25, 0.3) is 0 Å². The van der Waals surface area contributed by atoms with Crippen LogP contribution in [-0.4, -0.2) is 25.1 Å². The summed E-state index contributed by atoms with van der Waals surface area (Å²) in [7, 11) is 0. The van der Waals surface area contributed by atoms with Gasteiger partial charge in [-0.2, -0.15) is 0 Å². The molecule has 110 valence electrons. The molecule has 1 aromatic rings. The van der Waals surface area contributed by atoms with E-state index < -0.39 is 0 Å². The molecule has 4 nitrogen and oxygen atoms in total. The van der Waals surface area contributed by atoms with Crippen molar-refractivity contribution in [3.63, 3.8) is 0 Å². The van der Waals surface area contributed by atoms with Gasteiger partial charge in [0.15, 0.2) is 6.61 Å². The Morgan fingerprint density at radius 1 is 1.55 bits per heavy atom. The van der Waals surface area contributed by atoms with Gasteiger partial charge in [0, 0.05) is 17.6 Å². The largest absolute Gasteiger partial charge is 0.482 e. The van der Waals surface area contributed by atoms with Gasteiger partial charge < -0.3 is 15.8 Å². The van der Waals surface area contributed by atoms with Gasteiger partial charge in [0.25, 0.3) is 5.91 Å². The normalized spacial score (nSPS) is 11.8. The van der Waals surface area contributed by atoms with Crippen LogP contribution in [0.4, 0.5) is 0 Å². The molecule has 6 heteroatoms. The van der Waals surface area contributed by atoms with Crippen LogP contribution in [0.15, 0.2) is 24.8 Å². The van der Waals surface area contributed by atoms with Crippen LogP contribution in [0, 0.1) is 0 Å². The lowest BCUT2D eigenvalue weighted by atomic mass is 10.1. The van der Waals surface area contributed by atoms with Crippen LogP contribution in [-0.2, 0) is 11.2 Å². The number of hydrogen-bond donors (Lipinski definition) is 2. The third-order valence-electron chi connectivity index (χ3n) is 2.42. The lowest BCUT2D eigenvalue weighted by Crippen LogP contribution is -2.29. The number of ether oxygens (including phenoxy) is 1. The summed E-state index contributed by atoms with van der Waals surface area (Å²) in [5.41, 5.74) is 6.57. The minimum Gasteiger partial charge on any atom is -0.482 e. The lowest BCUT2D eigenvalue weighted by molar-refractivity contribution is -0.122. The number of benzene rings is 1. The van der Waals surface area contributed by atoms with E-state index in [9.17, 15) is 4.79 Å². The van der Waals surface area contributed by atoms with Gasteiger partial charge in [-0.25, -0.2) is 0 Å². The highest BCUT2D eigenvalue weighted by Gasteiger charge is 2.13. The highest BCUT2D eigenvalue weighted by atomic mass is 35.5. The number of nitrogens with one attached hydrogen (secondary N) is 1. The van der Waals surface area contributed by atoms with Gasteiger partial charge in [0.1, 0.15) is 5.75 Å². The topological polar surface area (TPSA) is 64.3 Å². The van der Waals surface area contributed by atoms with Crippen LogP contribution in [0.5, 0.6) is 5.75 Å². The van der Waals surface area contributed by atoms with Crippen LogP contribution in [0.3, 0.4) is 0 Å². The summed E-state index contributed by atoms with van der Waals surface area (Å²) in [6.45, 7) is 5.65. The Kier molecular flexibility index (Phi) is 6.85. The molecule has 0 heterocycles. The number of hydrogen-bond acceptors (Lipinski definition) is 3. The number of amides is 1. The monoisotopic (exact) mass is 316 g/mol. The van der Waals surface area contributed by atoms with Crippen molar-refractivity contribution in [1.82, 2.24) is 5.32 Å². The van der Waals surface area contributed by atoms with E-state index in [2.05, 4.69) is 11.9 Å². The molecule has 0 saturated heterocycles. The summed E-state index contributed by atoms with van der Waals surface area (Å²) >= 11 is 12.1. The zero-order valence-electron chi connectivity index (χ0n) is 11.3. The maximum atomic E-state index is 11.5. The fraction of sp³-hybridized carbons (Fsp3) is 0.357. The Bertz CT molecular complexity index is 490. The fourth-order valence-electron chi connectivity index (χ4n) is 1.65. The van der Waals surface area contributed by atoms with Crippen LogP contribution in [0.2, 0.25) is 10.0 Å². The van der Waals surface area contributed by atoms with Crippen molar-refractivity contribution < 1.29 is 9.53 Å². The summed E-state index contributed by atoms with van der Waals surface area (Å²) in [5, 5.41) is 3.49. The van der Waals surface area contributed by atoms with Crippen molar-refractivity contribution >= 4 is 29.1 Å². The molecule has 0 fully saturated rings. The molecule has 1 unspecified atom stereocenters. The van der Waals surface area contributed by atoms with Gasteiger partial charge in [-0.3, -0.25) is 4.79 Å². The smallest absolute Gasteiger partial charge is 0.258 e. The van der Waals surface area contributed by atoms with E-state index in [1.165, 1.54) is 0 Å². The first kappa shape index (κ1) is 16.8. The average molecular weight is 317 g/mol. The van der Waals surface area contributed by atoms with Crippen molar-refractivity contribution in [2.45, 2.75) is 19.4 Å². The molecule has 0 aliphatic carbocycles. The number of halogens is 2. The number of rotatable bonds is 7. The van der Waals surface area contributed by atoms with E-state index in [0.717, 1.165) is 5.56 Å². The molecule has 0 spiro atoms. The van der Waals surface area contributed by atoms with Crippen LogP contribution >= 0.6 is 23.2 Å². The Morgan fingerprint density at radius 3 is 2.85 bits per heavy atom. The molecule has 0 saturated carbocycles. The van der Waals surface area contributed by atoms with Crippen molar-refractivity contribution in [2.24, 2.45) is 5.73 Å². The molecule has 1 rings (SSSR count). The molecule has 3 N–H and O–H groups in total. The Labute approximate surface area is 128 Å². The first-order valence-corrected chi connectivity index (χ1v) is 6.93. The first-order valence-electron chi connectivity index (χ1n) is 6.18. The molecule has 1 aromatic carbocycles. The summed E-state index contributed by atoms with van der Waals surface area (Å²) in [4.78, 5) is 11.5. The first-order chi connectivity index (χ1) is 9.43. The number of carbonyl (C=O) groups is 1. The van der Waals surface area contributed by atoms with E-state index in [4.69, 9.17) is 33.7 Å². The van der Waals surface area contributed by atoms with Crippen molar-refractivity contribution in [2.75, 3.05) is 13.2 Å². The number of nitrogens with two attached hydrogens (primary N) is 1. The summed E-state index contributed by atoms with van der Waals surface area (Å²) in [5.74, 6) is 0.199. The fourth-order valence-corrected chi connectivity index (χ4v) is 2.24. The van der Waals surface area contributed by atoms with Gasteiger partial charge in [-0.05, 0) is 31.0 Å². The van der Waals surface area contributed by atoms with E-state index in [0.29, 0.717) is 28.8 Å². The lowest BCUT2D eigenvalue weighted by Gasteiger charge is -2.15. The second-order valence-corrected chi connectivity index (χ2v) is 5.28. The zero-order valence-corrected chi connectivity index (χ0v) is 12.8. The van der Waals surface area contributed by atoms with Crippen molar-refractivity contribution in [3.05, 3.63) is 40.4 Å². The molecule has 20 heavy (non-hydrogen) atoms. The molecule has 0 aliphatic rings. The van der Waals surface area contributed by atoms with Crippen LogP contribution < -0.4 is 15.8 Å². The second kappa shape index (κ2) is 8.15. The van der Waals surface area contributed by atoms with E-state index in [-0.39, 0.29) is 18.6 Å². The highest BCUT2D eigenvalue weighted by molar-refractivity contribution is 6.35.